The largest absolute Gasteiger partial charge is 0.495 e. The Morgan fingerprint density at radius 3 is 2.41 bits per heavy atom. The average molecular weight is 486 g/mol. The van der Waals surface area contributed by atoms with Crippen LogP contribution in [-0.2, 0) is 16.6 Å². The summed E-state index contributed by atoms with van der Waals surface area (Å²) in [7, 11) is 4.91. The highest BCUT2D eigenvalue weighted by molar-refractivity contribution is 7.99. The quantitative estimate of drug-likeness (QED) is 0.418. The molecule has 2 N–H and O–H groups in total. The lowest BCUT2D eigenvalue weighted by Crippen LogP contribution is -2.15. The number of carbonyl (C=O) groups is 2. The van der Waals surface area contributed by atoms with Crippen LogP contribution in [0.15, 0.2) is 47.6 Å². The van der Waals surface area contributed by atoms with E-state index in [4.69, 9.17) is 14.2 Å². The van der Waals surface area contributed by atoms with Gasteiger partial charge in [-0.2, -0.15) is 0 Å². The van der Waals surface area contributed by atoms with Crippen molar-refractivity contribution in [2.75, 3.05) is 30.6 Å². The molecule has 0 fully saturated rings. The molecule has 3 aromatic rings. The van der Waals surface area contributed by atoms with E-state index in [9.17, 15) is 9.59 Å². The van der Waals surface area contributed by atoms with E-state index in [1.807, 2.05) is 38.2 Å². The first-order valence-electron chi connectivity index (χ1n) is 10.4. The van der Waals surface area contributed by atoms with Crippen molar-refractivity contribution in [1.82, 2.24) is 14.8 Å². The summed E-state index contributed by atoms with van der Waals surface area (Å²) in [5.41, 5.74) is 1.01. The molecule has 0 bridgehead atoms. The van der Waals surface area contributed by atoms with Gasteiger partial charge in [-0.25, -0.2) is 0 Å². The van der Waals surface area contributed by atoms with Crippen LogP contribution in [0.1, 0.15) is 25.8 Å². The van der Waals surface area contributed by atoms with Crippen molar-refractivity contribution in [3.8, 4) is 17.2 Å². The first-order valence-corrected chi connectivity index (χ1v) is 11.4. The van der Waals surface area contributed by atoms with Crippen molar-refractivity contribution in [3.05, 3.63) is 48.3 Å². The van der Waals surface area contributed by atoms with Gasteiger partial charge in [0.25, 0.3) is 0 Å². The fraction of sp³-hybridized carbons (Fsp3) is 0.304. The normalized spacial score (nSPS) is 11.4. The minimum Gasteiger partial charge on any atom is -0.495 e. The second-order valence-corrected chi connectivity index (χ2v) is 8.19. The Bertz CT molecular complexity index is 1170. The first kappa shape index (κ1) is 24.9. The van der Waals surface area contributed by atoms with E-state index in [2.05, 4.69) is 20.8 Å². The van der Waals surface area contributed by atoms with Gasteiger partial charge in [-0.15, -0.1) is 10.2 Å². The molecule has 34 heavy (non-hydrogen) atoms. The van der Waals surface area contributed by atoms with Crippen molar-refractivity contribution in [1.29, 1.82) is 0 Å². The summed E-state index contributed by atoms with van der Waals surface area (Å²) >= 11 is 1.25. The molecule has 0 aliphatic heterocycles. The molecule has 180 valence electrons. The molecule has 1 heterocycles. The Labute approximate surface area is 202 Å². The maximum absolute atomic E-state index is 12.5. The first-order chi connectivity index (χ1) is 16.3. The summed E-state index contributed by atoms with van der Waals surface area (Å²) < 4.78 is 18.3. The Morgan fingerprint density at radius 1 is 1.03 bits per heavy atom. The molecule has 2 amide bonds. The maximum atomic E-state index is 12.5. The molecule has 11 heteroatoms. The second-order valence-electron chi connectivity index (χ2n) is 7.24. The zero-order chi connectivity index (χ0) is 24.7. The van der Waals surface area contributed by atoms with Gasteiger partial charge in [0.05, 0.1) is 25.7 Å². The summed E-state index contributed by atoms with van der Waals surface area (Å²) in [6.45, 7) is 3.27. The van der Waals surface area contributed by atoms with Gasteiger partial charge < -0.3 is 29.4 Å². The highest BCUT2D eigenvalue weighted by Crippen LogP contribution is 2.31. The number of hydrogen-bond donors (Lipinski definition) is 2. The molecule has 0 aliphatic carbocycles. The van der Waals surface area contributed by atoms with Crippen molar-refractivity contribution in [3.63, 3.8) is 0 Å². The number of hydrogen-bond acceptors (Lipinski definition) is 8. The van der Waals surface area contributed by atoms with Crippen molar-refractivity contribution in [2.45, 2.75) is 25.1 Å². The summed E-state index contributed by atoms with van der Waals surface area (Å²) in [6, 6.07) is 12.4. The number of amides is 2. The van der Waals surface area contributed by atoms with Crippen LogP contribution < -0.4 is 24.8 Å². The predicted octanol–water partition coefficient (Wildman–Crippen LogP) is 3.66. The number of anilines is 2. The van der Waals surface area contributed by atoms with Gasteiger partial charge in [0.1, 0.15) is 5.75 Å². The average Bonchev–Trinajstić information content (AvgIpc) is 3.18. The highest BCUT2D eigenvalue weighted by Gasteiger charge is 2.19. The number of benzene rings is 2. The molecule has 2 aromatic carbocycles. The smallest absolute Gasteiger partial charge is 0.234 e. The third-order valence-electron chi connectivity index (χ3n) is 4.73. The lowest BCUT2D eigenvalue weighted by atomic mass is 10.2. The molecule has 1 aromatic heterocycles. The molecule has 1 unspecified atom stereocenters. The zero-order valence-electron chi connectivity index (χ0n) is 19.6. The number of nitrogens with zero attached hydrogens (tertiary/aromatic N) is 3. The number of para-hydroxylation sites is 2. The molecule has 10 nitrogen and oxygen atoms in total. The van der Waals surface area contributed by atoms with Gasteiger partial charge in [0.2, 0.25) is 11.8 Å². The summed E-state index contributed by atoms with van der Waals surface area (Å²) in [4.78, 5) is 23.9. The molecule has 0 aliphatic rings. The molecule has 0 spiro atoms. The third-order valence-corrected chi connectivity index (χ3v) is 5.75. The standard InChI is InChI=1S/C23H27N5O5S/c1-14(33-20-9-7-6-8-19(20)32-5)22-26-27-23(28(22)3)34-13-21(30)25-16-10-11-18(31-4)17(12-16)24-15(2)29/h6-12,14H,13H2,1-5H3,(H,24,29)(H,25,30). The number of aromatic nitrogens is 3. The van der Waals surface area contributed by atoms with E-state index in [0.29, 0.717) is 39.6 Å². The van der Waals surface area contributed by atoms with Crippen LogP contribution >= 0.6 is 11.8 Å². The Morgan fingerprint density at radius 2 is 1.74 bits per heavy atom. The zero-order valence-corrected chi connectivity index (χ0v) is 20.4. The summed E-state index contributed by atoms with van der Waals surface area (Å²) in [6.07, 6.45) is -0.386. The van der Waals surface area contributed by atoms with E-state index in [0.717, 1.165) is 0 Å². The van der Waals surface area contributed by atoms with Crippen LogP contribution in [0.3, 0.4) is 0 Å². The number of methoxy groups -OCH3 is 2. The topological polar surface area (TPSA) is 117 Å². The van der Waals surface area contributed by atoms with Crippen molar-refractivity contribution >= 4 is 35.0 Å². The van der Waals surface area contributed by atoms with Gasteiger partial charge in [-0.05, 0) is 37.3 Å². The van der Waals surface area contributed by atoms with Crippen LogP contribution in [0.25, 0.3) is 0 Å². The number of ether oxygens (including phenoxy) is 3. The summed E-state index contributed by atoms with van der Waals surface area (Å²) in [5, 5.41) is 14.5. The van der Waals surface area contributed by atoms with Crippen LogP contribution in [-0.4, -0.2) is 46.6 Å². The van der Waals surface area contributed by atoms with Gasteiger partial charge >= 0.3 is 0 Å². The van der Waals surface area contributed by atoms with Gasteiger partial charge in [0.15, 0.2) is 28.6 Å². The fourth-order valence-electron chi connectivity index (χ4n) is 3.17. The van der Waals surface area contributed by atoms with Crippen LogP contribution in [0.2, 0.25) is 0 Å². The fourth-order valence-corrected chi connectivity index (χ4v) is 3.88. The third kappa shape index (κ3) is 6.19. The van der Waals surface area contributed by atoms with E-state index in [1.54, 1.807) is 29.9 Å². The van der Waals surface area contributed by atoms with Crippen molar-refractivity contribution in [2.24, 2.45) is 7.05 Å². The van der Waals surface area contributed by atoms with E-state index < -0.39 is 0 Å². The molecule has 0 saturated carbocycles. The maximum Gasteiger partial charge on any atom is 0.234 e. The molecule has 3 rings (SSSR count). The molecular weight excluding hydrogens is 458 g/mol. The lowest BCUT2D eigenvalue weighted by molar-refractivity contribution is -0.114. The Balaban J connectivity index is 1.61. The highest BCUT2D eigenvalue weighted by atomic mass is 32.2. The number of rotatable bonds is 10. The van der Waals surface area contributed by atoms with Crippen LogP contribution in [0.5, 0.6) is 17.2 Å². The monoisotopic (exact) mass is 485 g/mol. The molecule has 1 atom stereocenters. The van der Waals surface area contributed by atoms with E-state index >= 15 is 0 Å². The number of carbonyl (C=O) groups excluding carboxylic acids is 2. The van der Waals surface area contributed by atoms with Gasteiger partial charge in [-0.1, -0.05) is 23.9 Å². The van der Waals surface area contributed by atoms with Gasteiger partial charge in [-0.3, -0.25) is 9.59 Å². The molecular formula is C23H27N5O5S. The molecule has 0 radical (unpaired) electrons. The minimum absolute atomic E-state index is 0.120. The number of thioether (sulfide) groups is 1. The van der Waals surface area contributed by atoms with E-state index in [-0.39, 0.29) is 23.7 Å². The van der Waals surface area contributed by atoms with Crippen molar-refractivity contribution < 1.29 is 23.8 Å². The molecule has 0 saturated heterocycles. The Kier molecular flexibility index (Phi) is 8.36. The van der Waals surface area contributed by atoms with E-state index in [1.165, 1.54) is 25.8 Å². The summed E-state index contributed by atoms with van der Waals surface area (Å²) in [5.74, 6) is 2.00. The SMILES string of the molecule is COc1ccc(NC(=O)CSc2nnc(C(C)Oc3ccccc3OC)n2C)cc1NC(C)=O. The van der Waals surface area contributed by atoms with Crippen LogP contribution in [0, 0.1) is 0 Å². The second kappa shape index (κ2) is 11.4. The predicted molar refractivity (Wildman–Crippen MR) is 130 cm³/mol. The van der Waals surface area contributed by atoms with Gasteiger partial charge in [0, 0.05) is 19.7 Å². The minimum atomic E-state index is -0.386. The van der Waals surface area contributed by atoms with Crippen LogP contribution in [0.4, 0.5) is 11.4 Å². The number of nitrogens with one attached hydrogen (secondary N) is 2. The Hall–Kier alpha value is -3.73. The lowest BCUT2D eigenvalue weighted by Gasteiger charge is -2.16.